The molecule has 1 aromatic heterocycles. The number of benzene rings is 1. The van der Waals surface area contributed by atoms with E-state index < -0.39 is 12.0 Å². The van der Waals surface area contributed by atoms with Crippen molar-refractivity contribution in [3.63, 3.8) is 0 Å². The molecule has 1 N–H and O–H groups in total. The Hall–Kier alpha value is -1.17. The number of aryl methyl sites for hydroxylation is 1. The largest absolute Gasteiger partial charge is 0.480 e. The van der Waals surface area contributed by atoms with Gasteiger partial charge in [0.15, 0.2) is 0 Å². The number of carboxylic acids is 1. The van der Waals surface area contributed by atoms with E-state index in [-0.39, 0.29) is 6.04 Å². The van der Waals surface area contributed by atoms with Crippen LogP contribution in [0.1, 0.15) is 34.9 Å². The van der Waals surface area contributed by atoms with Gasteiger partial charge in [0.2, 0.25) is 0 Å². The van der Waals surface area contributed by atoms with Gasteiger partial charge in [-0.15, -0.1) is 11.3 Å². The summed E-state index contributed by atoms with van der Waals surface area (Å²) >= 11 is 5.24. The fourth-order valence-corrected chi connectivity index (χ4v) is 4.69. The Labute approximate surface area is 142 Å². The van der Waals surface area contributed by atoms with Gasteiger partial charge in [-0.05, 0) is 54.5 Å². The highest BCUT2D eigenvalue weighted by Crippen LogP contribution is 2.39. The van der Waals surface area contributed by atoms with Crippen molar-refractivity contribution >= 4 is 33.2 Å². The van der Waals surface area contributed by atoms with Gasteiger partial charge in [-0.3, -0.25) is 9.69 Å². The first-order valence-electron chi connectivity index (χ1n) is 7.36. The van der Waals surface area contributed by atoms with E-state index in [0.717, 1.165) is 29.4 Å². The van der Waals surface area contributed by atoms with Crippen molar-refractivity contribution in [2.45, 2.75) is 31.8 Å². The van der Waals surface area contributed by atoms with Gasteiger partial charge >= 0.3 is 5.97 Å². The molecule has 22 heavy (non-hydrogen) atoms. The number of halogens is 1. The maximum Gasteiger partial charge on any atom is 0.320 e. The van der Waals surface area contributed by atoms with Gasteiger partial charge in [-0.1, -0.05) is 28.1 Å². The van der Waals surface area contributed by atoms with E-state index in [0.29, 0.717) is 0 Å². The molecule has 3 nitrogen and oxygen atoms in total. The number of aliphatic carboxylic acids is 1. The van der Waals surface area contributed by atoms with Crippen LogP contribution in [0.15, 0.2) is 40.2 Å². The minimum Gasteiger partial charge on any atom is -0.480 e. The van der Waals surface area contributed by atoms with Crippen molar-refractivity contribution in [3.8, 4) is 0 Å². The van der Waals surface area contributed by atoms with Crippen molar-refractivity contribution in [1.82, 2.24) is 4.90 Å². The number of nitrogens with zero attached hydrogens (tertiary/aromatic N) is 1. The van der Waals surface area contributed by atoms with Crippen molar-refractivity contribution < 1.29 is 9.90 Å². The minimum atomic E-state index is -0.716. The molecule has 0 aliphatic carbocycles. The first kappa shape index (κ1) is 15.7. The normalized spacial score (nSPS) is 20.2. The van der Waals surface area contributed by atoms with Gasteiger partial charge in [0.25, 0.3) is 0 Å². The molecule has 5 heteroatoms. The van der Waals surface area contributed by atoms with E-state index in [4.69, 9.17) is 0 Å². The number of hydrogen-bond acceptors (Lipinski definition) is 3. The molecule has 1 aliphatic heterocycles. The molecule has 2 unspecified atom stereocenters. The lowest BCUT2D eigenvalue weighted by Gasteiger charge is -2.31. The molecule has 2 atom stereocenters. The average Bonchev–Trinajstić information content (AvgIpc) is 3.10. The van der Waals surface area contributed by atoms with Crippen LogP contribution in [0.25, 0.3) is 0 Å². The van der Waals surface area contributed by atoms with E-state index in [9.17, 15) is 9.90 Å². The third-order valence-corrected chi connectivity index (χ3v) is 5.79. The fourth-order valence-electron chi connectivity index (χ4n) is 3.20. The molecule has 116 valence electrons. The van der Waals surface area contributed by atoms with Crippen LogP contribution in [0.5, 0.6) is 0 Å². The van der Waals surface area contributed by atoms with E-state index in [1.165, 1.54) is 10.4 Å². The number of hydrogen-bond donors (Lipinski definition) is 1. The molecule has 2 aromatic rings. The van der Waals surface area contributed by atoms with Crippen LogP contribution >= 0.6 is 27.3 Å². The molecule has 0 bridgehead atoms. The molecule has 1 aliphatic rings. The summed E-state index contributed by atoms with van der Waals surface area (Å²) in [6.07, 6.45) is 1.66. The first-order chi connectivity index (χ1) is 10.6. The lowest BCUT2D eigenvalue weighted by Crippen LogP contribution is -2.39. The molecule has 1 fully saturated rings. The maximum atomic E-state index is 11.6. The Morgan fingerprint density at radius 3 is 2.91 bits per heavy atom. The molecule has 0 saturated carbocycles. The van der Waals surface area contributed by atoms with Crippen molar-refractivity contribution in [2.24, 2.45) is 0 Å². The van der Waals surface area contributed by atoms with Crippen LogP contribution < -0.4 is 0 Å². The summed E-state index contributed by atoms with van der Waals surface area (Å²) in [4.78, 5) is 15.0. The standard InChI is InChI=1S/C17H18BrNO2S/c1-11-7-9-22-16(11)15(12-4-2-5-13(18)10-12)19-8-3-6-14(19)17(20)21/h2,4-5,7,9-10,14-15H,3,6,8H2,1H3,(H,20,21). The van der Waals surface area contributed by atoms with E-state index in [1.807, 2.05) is 12.1 Å². The quantitative estimate of drug-likeness (QED) is 0.852. The third-order valence-electron chi connectivity index (χ3n) is 4.23. The number of carboxylic acid groups (broad SMARTS) is 1. The molecule has 1 aromatic carbocycles. The monoisotopic (exact) mass is 379 g/mol. The Kier molecular flexibility index (Phi) is 4.66. The Morgan fingerprint density at radius 2 is 2.27 bits per heavy atom. The second-order valence-electron chi connectivity index (χ2n) is 5.66. The van der Waals surface area contributed by atoms with Crippen LogP contribution in [-0.2, 0) is 4.79 Å². The molecule has 3 rings (SSSR count). The van der Waals surface area contributed by atoms with Crippen LogP contribution in [0.4, 0.5) is 0 Å². The molecule has 0 radical (unpaired) electrons. The number of thiophene rings is 1. The zero-order valence-corrected chi connectivity index (χ0v) is 14.7. The third kappa shape index (κ3) is 2.98. The summed E-state index contributed by atoms with van der Waals surface area (Å²) in [5.41, 5.74) is 2.37. The van der Waals surface area contributed by atoms with Crippen molar-refractivity contribution in [1.29, 1.82) is 0 Å². The van der Waals surface area contributed by atoms with Crippen molar-refractivity contribution in [3.05, 3.63) is 56.2 Å². The smallest absolute Gasteiger partial charge is 0.320 e. The SMILES string of the molecule is Cc1ccsc1C(c1cccc(Br)c1)N1CCCC1C(=O)O. The topological polar surface area (TPSA) is 40.5 Å². The zero-order valence-electron chi connectivity index (χ0n) is 12.3. The average molecular weight is 380 g/mol. The Bertz CT molecular complexity index is 685. The molecular weight excluding hydrogens is 362 g/mol. The summed E-state index contributed by atoms with van der Waals surface area (Å²) in [6.45, 7) is 2.92. The van der Waals surface area contributed by atoms with Crippen LogP contribution in [0.2, 0.25) is 0 Å². The number of carbonyl (C=O) groups is 1. The Balaban J connectivity index is 2.07. The molecule has 0 spiro atoms. The lowest BCUT2D eigenvalue weighted by atomic mass is 10.0. The molecule has 1 saturated heterocycles. The summed E-state index contributed by atoms with van der Waals surface area (Å²) in [5, 5.41) is 11.6. The molecule has 2 heterocycles. The maximum absolute atomic E-state index is 11.6. The number of rotatable bonds is 4. The second kappa shape index (κ2) is 6.52. The van der Waals surface area contributed by atoms with Crippen LogP contribution in [0.3, 0.4) is 0 Å². The van der Waals surface area contributed by atoms with Gasteiger partial charge in [-0.2, -0.15) is 0 Å². The summed E-state index contributed by atoms with van der Waals surface area (Å²) in [7, 11) is 0. The summed E-state index contributed by atoms with van der Waals surface area (Å²) in [5.74, 6) is -0.716. The van der Waals surface area contributed by atoms with Gasteiger partial charge in [0.1, 0.15) is 6.04 Å². The zero-order chi connectivity index (χ0) is 15.7. The first-order valence-corrected chi connectivity index (χ1v) is 9.03. The molecular formula is C17H18BrNO2S. The molecule has 0 amide bonds. The summed E-state index contributed by atoms with van der Waals surface area (Å²) < 4.78 is 1.02. The second-order valence-corrected chi connectivity index (χ2v) is 7.52. The van der Waals surface area contributed by atoms with Crippen LogP contribution in [0, 0.1) is 6.92 Å². The highest BCUT2D eigenvalue weighted by atomic mass is 79.9. The van der Waals surface area contributed by atoms with Gasteiger partial charge in [-0.25, -0.2) is 0 Å². The van der Waals surface area contributed by atoms with E-state index in [1.54, 1.807) is 11.3 Å². The predicted molar refractivity (Wildman–Crippen MR) is 92.4 cm³/mol. The van der Waals surface area contributed by atoms with Crippen molar-refractivity contribution in [2.75, 3.05) is 6.54 Å². The fraction of sp³-hybridized carbons (Fsp3) is 0.353. The summed E-state index contributed by atoms with van der Waals surface area (Å²) in [6, 6.07) is 9.93. The number of likely N-dealkylation sites (tertiary alicyclic amines) is 1. The Morgan fingerprint density at radius 1 is 1.45 bits per heavy atom. The van der Waals surface area contributed by atoms with Crippen LogP contribution in [-0.4, -0.2) is 28.6 Å². The van der Waals surface area contributed by atoms with Gasteiger partial charge in [0.05, 0.1) is 6.04 Å². The van der Waals surface area contributed by atoms with E-state index in [2.05, 4.69) is 51.3 Å². The minimum absolute atomic E-state index is 0.0149. The highest BCUT2D eigenvalue weighted by Gasteiger charge is 2.37. The van der Waals surface area contributed by atoms with Gasteiger partial charge < -0.3 is 5.11 Å². The predicted octanol–water partition coefficient (Wildman–Crippen LogP) is 4.46. The lowest BCUT2D eigenvalue weighted by molar-refractivity contribution is -0.142. The van der Waals surface area contributed by atoms with E-state index >= 15 is 0 Å². The highest BCUT2D eigenvalue weighted by molar-refractivity contribution is 9.10. The van der Waals surface area contributed by atoms with Gasteiger partial charge in [0, 0.05) is 15.9 Å².